The minimum atomic E-state index is -5.08. The molecule has 0 aliphatic carbocycles. The van der Waals surface area contributed by atoms with E-state index in [1.807, 2.05) is 42.5 Å². The van der Waals surface area contributed by atoms with Crippen molar-refractivity contribution in [3.05, 3.63) is 67.0 Å². The second-order valence-electron chi connectivity index (χ2n) is 11.4. The van der Waals surface area contributed by atoms with Crippen molar-refractivity contribution >= 4 is 35.5 Å². The highest BCUT2D eigenvalue weighted by molar-refractivity contribution is 6.30. The number of ether oxygens (including phenoxy) is 2. The van der Waals surface area contributed by atoms with Crippen LogP contribution in [0.25, 0.3) is 11.1 Å². The van der Waals surface area contributed by atoms with Crippen molar-refractivity contribution in [1.29, 1.82) is 0 Å². The van der Waals surface area contributed by atoms with E-state index in [1.54, 1.807) is 37.8 Å². The Kier molecular flexibility index (Phi) is 9.54. The smallest absolute Gasteiger partial charge is 0.481 e. The zero-order valence-electron chi connectivity index (χ0n) is 25.4. The molecule has 244 valence electrons. The van der Waals surface area contributed by atoms with Gasteiger partial charge in [0.15, 0.2) is 0 Å². The quantitative estimate of drug-likeness (QED) is 0.363. The molecule has 0 unspecified atom stereocenters. The lowest BCUT2D eigenvalue weighted by Crippen LogP contribution is -2.58. The van der Waals surface area contributed by atoms with Gasteiger partial charge in [-0.05, 0) is 56.9 Å². The first-order valence-electron chi connectivity index (χ1n) is 14.1. The zero-order valence-corrected chi connectivity index (χ0v) is 25.4. The van der Waals surface area contributed by atoms with Crippen LogP contribution in [-0.4, -0.2) is 81.5 Å². The van der Waals surface area contributed by atoms with Gasteiger partial charge in [0, 0.05) is 19.2 Å². The third-order valence-electron chi connectivity index (χ3n) is 7.20. The number of carbonyl (C=O) groups is 4. The van der Waals surface area contributed by atoms with Gasteiger partial charge < -0.3 is 19.5 Å². The topological polar surface area (TPSA) is 142 Å². The second-order valence-corrected chi connectivity index (χ2v) is 11.4. The average Bonchev–Trinajstić information content (AvgIpc) is 3.21. The summed E-state index contributed by atoms with van der Waals surface area (Å²) in [5.74, 6) is -2.59. The number of likely N-dealkylation sites (tertiary alicyclic amines) is 1. The van der Waals surface area contributed by atoms with Gasteiger partial charge in [0.05, 0.1) is 12.8 Å². The zero-order chi connectivity index (χ0) is 33.9. The largest absolute Gasteiger partial charge is 0.490 e. The lowest BCUT2D eigenvalue weighted by molar-refractivity contribution is -0.192. The predicted molar refractivity (Wildman–Crippen MR) is 159 cm³/mol. The standard InChI is InChI=1S/C29H31N5O5.C2HF3O2/c1-28(2,3)39-27(37)32-16-14-29(15-17-32)25(35)33(26(36)34(29)23-18-24(38-4)31-19-30-23)22-12-10-21(11-13-22)20-8-6-5-7-9-20;3-2(4,5)1(6)7/h5-13,18-19H,14-17H2,1-4H3;(H,6,7). The van der Waals surface area contributed by atoms with Crippen LogP contribution in [0.5, 0.6) is 5.88 Å². The molecule has 2 aliphatic heterocycles. The number of hydrogen-bond donors (Lipinski definition) is 1. The number of carboxylic acid groups (broad SMARTS) is 1. The fourth-order valence-corrected chi connectivity index (χ4v) is 5.04. The summed E-state index contributed by atoms with van der Waals surface area (Å²) >= 11 is 0. The van der Waals surface area contributed by atoms with Gasteiger partial charge in [-0.1, -0.05) is 42.5 Å². The van der Waals surface area contributed by atoms with E-state index >= 15 is 0 Å². The number of carbonyl (C=O) groups excluding carboxylic acids is 3. The SMILES string of the molecule is COc1cc(N2C(=O)N(c3ccc(-c4ccccc4)cc3)C(=O)C23CCN(C(=O)OC(C)(C)C)CC3)ncn1.O=C(O)C(F)(F)F. The molecule has 5 rings (SSSR count). The van der Waals surface area contributed by atoms with E-state index in [0.29, 0.717) is 5.69 Å². The molecule has 0 saturated carbocycles. The summed E-state index contributed by atoms with van der Waals surface area (Å²) in [6, 6.07) is 18.2. The van der Waals surface area contributed by atoms with Gasteiger partial charge in [-0.15, -0.1) is 0 Å². The van der Waals surface area contributed by atoms with Crippen LogP contribution in [0.4, 0.5) is 34.3 Å². The fourth-order valence-electron chi connectivity index (χ4n) is 5.04. The molecular formula is C31H32F3N5O7. The van der Waals surface area contributed by atoms with Crippen LogP contribution in [0.1, 0.15) is 33.6 Å². The van der Waals surface area contributed by atoms with E-state index in [-0.39, 0.29) is 43.5 Å². The van der Waals surface area contributed by atoms with Crippen LogP contribution in [0.15, 0.2) is 67.0 Å². The molecule has 4 amide bonds. The Morgan fingerprint density at radius 3 is 2.00 bits per heavy atom. The van der Waals surface area contributed by atoms with Gasteiger partial charge in [0.25, 0.3) is 5.91 Å². The molecule has 0 atom stereocenters. The molecule has 0 bridgehead atoms. The Morgan fingerprint density at radius 2 is 1.48 bits per heavy atom. The number of imide groups is 1. The van der Waals surface area contributed by atoms with E-state index in [2.05, 4.69) is 9.97 Å². The molecule has 2 fully saturated rings. The average molecular weight is 644 g/mol. The lowest BCUT2D eigenvalue weighted by atomic mass is 9.85. The number of amides is 4. The summed E-state index contributed by atoms with van der Waals surface area (Å²) < 4.78 is 42.5. The molecule has 3 aromatic rings. The van der Waals surface area contributed by atoms with Crippen LogP contribution in [-0.2, 0) is 14.3 Å². The van der Waals surface area contributed by atoms with Gasteiger partial charge in [0.2, 0.25) is 5.88 Å². The summed E-state index contributed by atoms with van der Waals surface area (Å²) in [5.41, 5.74) is 0.590. The molecule has 46 heavy (non-hydrogen) atoms. The summed E-state index contributed by atoms with van der Waals surface area (Å²) in [4.78, 5) is 62.3. The maximum absolute atomic E-state index is 14.1. The van der Waals surface area contributed by atoms with E-state index in [1.165, 1.54) is 29.3 Å². The number of anilines is 2. The third kappa shape index (κ3) is 7.19. The number of urea groups is 1. The van der Waals surface area contributed by atoms with Crippen molar-refractivity contribution in [2.75, 3.05) is 30.0 Å². The molecule has 12 nitrogen and oxygen atoms in total. The summed E-state index contributed by atoms with van der Waals surface area (Å²) in [6.45, 7) is 5.91. The second kappa shape index (κ2) is 13.0. The number of methoxy groups -OCH3 is 1. The maximum atomic E-state index is 14.1. The Morgan fingerprint density at radius 1 is 0.913 bits per heavy atom. The number of alkyl halides is 3. The fraction of sp³-hybridized carbons (Fsp3) is 0.355. The van der Waals surface area contributed by atoms with Crippen molar-refractivity contribution in [3.63, 3.8) is 0 Å². The molecule has 1 spiro atoms. The minimum absolute atomic E-state index is 0.224. The number of hydrogen-bond acceptors (Lipinski definition) is 8. The number of nitrogens with zero attached hydrogens (tertiary/aromatic N) is 5. The summed E-state index contributed by atoms with van der Waals surface area (Å²) in [7, 11) is 1.47. The monoisotopic (exact) mass is 643 g/mol. The van der Waals surface area contributed by atoms with Gasteiger partial charge in [-0.2, -0.15) is 13.2 Å². The Bertz CT molecular complexity index is 1590. The molecule has 2 aromatic carbocycles. The number of rotatable bonds is 4. The highest BCUT2D eigenvalue weighted by Crippen LogP contribution is 2.42. The van der Waals surface area contributed by atoms with Gasteiger partial charge >= 0.3 is 24.3 Å². The number of carboxylic acids is 1. The third-order valence-corrected chi connectivity index (χ3v) is 7.20. The highest BCUT2D eigenvalue weighted by atomic mass is 19.4. The number of benzene rings is 2. The Hall–Kier alpha value is -5.21. The first-order valence-corrected chi connectivity index (χ1v) is 14.1. The molecular weight excluding hydrogens is 611 g/mol. The minimum Gasteiger partial charge on any atom is -0.481 e. The van der Waals surface area contributed by atoms with Gasteiger partial charge in [-0.3, -0.25) is 9.69 Å². The molecule has 2 saturated heterocycles. The van der Waals surface area contributed by atoms with E-state index in [9.17, 15) is 27.6 Å². The predicted octanol–water partition coefficient (Wildman–Crippen LogP) is 5.53. The maximum Gasteiger partial charge on any atom is 0.490 e. The van der Waals surface area contributed by atoms with Crippen molar-refractivity contribution in [1.82, 2.24) is 14.9 Å². The van der Waals surface area contributed by atoms with Crippen LogP contribution in [0.2, 0.25) is 0 Å². The van der Waals surface area contributed by atoms with Crippen LogP contribution in [0, 0.1) is 0 Å². The number of halogens is 3. The number of aliphatic carboxylic acids is 1. The number of piperidine rings is 1. The van der Waals surface area contributed by atoms with Crippen molar-refractivity contribution in [2.24, 2.45) is 0 Å². The molecule has 1 aromatic heterocycles. The highest BCUT2D eigenvalue weighted by Gasteiger charge is 2.60. The van der Waals surface area contributed by atoms with Crippen molar-refractivity contribution in [3.8, 4) is 17.0 Å². The van der Waals surface area contributed by atoms with Gasteiger partial charge in [0.1, 0.15) is 23.3 Å². The van der Waals surface area contributed by atoms with Gasteiger partial charge in [-0.25, -0.2) is 29.3 Å². The Labute approximate surface area is 262 Å². The van der Waals surface area contributed by atoms with Crippen molar-refractivity contribution in [2.45, 2.75) is 50.9 Å². The first-order chi connectivity index (χ1) is 21.6. The Balaban J connectivity index is 0.000000617. The summed E-state index contributed by atoms with van der Waals surface area (Å²) in [5, 5.41) is 7.12. The van der Waals surface area contributed by atoms with Crippen LogP contribution < -0.4 is 14.5 Å². The van der Waals surface area contributed by atoms with Crippen LogP contribution in [0.3, 0.4) is 0 Å². The molecule has 2 aliphatic rings. The normalized spacial score (nSPS) is 16.2. The molecule has 1 N–H and O–H groups in total. The van der Waals surface area contributed by atoms with E-state index in [4.69, 9.17) is 19.4 Å². The molecule has 15 heteroatoms. The lowest BCUT2D eigenvalue weighted by Gasteiger charge is -2.41. The number of aromatic nitrogens is 2. The summed E-state index contributed by atoms with van der Waals surface area (Å²) in [6.07, 6.45) is -3.78. The van der Waals surface area contributed by atoms with Crippen molar-refractivity contribution < 1.29 is 46.9 Å². The molecule has 0 radical (unpaired) electrons. The van der Waals surface area contributed by atoms with E-state index < -0.39 is 35.4 Å². The van der Waals surface area contributed by atoms with Crippen LogP contribution >= 0.6 is 0 Å². The van der Waals surface area contributed by atoms with E-state index in [0.717, 1.165) is 11.1 Å². The first kappa shape index (κ1) is 33.7. The molecule has 3 heterocycles.